The summed E-state index contributed by atoms with van der Waals surface area (Å²) in [6, 6.07) is 5.42. The Morgan fingerprint density at radius 1 is 1.20 bits per heavy atom. The molecule has 0 fully saturated rings. The highest BCUT2D eigenvalue weighted by Gasteiger charge is 1.96. The summed E-state index contributed by atoms with van der Waals surface area (Å²) < 4.78 is 0. The van der Waals surface area contributed by atoms with Crippen molar-refractivity contribution in [2.45, 2.75) is 19.3 Å². The van der Waals surface area contributed by atoms with Crippen LogP contribution in [0.1, 0.15) is 24.8 Å². The van der Waals surface area contributed by atoms with Crippen molar-refractivity contribution >= 4 is 29.3 Å². The maximum atomic E-state index is 10.2. The van der Waals surface area contributed by atoms with Crippen LogP contribution in [0.15, 0.2) is 24.3 Å². The van der Waals surface area contributed by atoms with Crippen LogP contribution in [0, 0.1) is 0 Å². The largest absolute Gasteiger partial charge is 0.237 e. The molecule has 0 saturated carbocycles. The van der Waals surface area contributed by atoms with Gasteiger partial charge in [-0.2, -0.15) is 0 Å². The van der Waals surface area contributed by atoms with E-state index in [-0.39, 0.29) is 6.61 Å². The minimum atomic E-state index is 0.00947. The molecule has 0 aliphatic heterocycles. The Balaban J connectivity index is 2.49. The van der Waals surface area contributed by atoms with E-state index in [4.69, 9.17) is 23.2 Å². The van der Waals surface area contributed by atoms with E-state index in [1.807, 2.05) is 24.3 Å². The summed E-state index contributed by atoms with van der Waals surface area (Å²) in [6.45, 7) is 0.00947. The van der Waals surface area contributed by atoms with Gasteiger partial charge in [-0.3, -0.25) is 0 Å². The molecule has 1 aromatic rings. The van der Waals surface area contributed by atoms with Crippen LogP contribution in [0.2, 0.25) is 10.0 Å². The van der Waals surface area contributed by atoms with E-state index >= 15 is 0 Å². The van der Waals surface area contributed by atoms with Crippen LogP contribution in [-0.2, 0) is 5.11 Å². The second-order valence-electron chi connectivity index (χ2n) is 3.27. The molecule has 1 aromatic carbocycles. The molecule has 0 aliphatic carbocycles. The predicted octanol–water partition coefficient (Wildman–Crippen LogP) is 4.61. The van der Waals surface area contributed by atoms with Crippen LogP contribution in [0.4, 0.5) is 0 Å². The van der Waals surface area contributed by atoms with E-state index in [2.05, 4.69) is 0 Å². The van der Waals surface area contributed by atoms with Crippen molar-refractivity contribution in [2.24, 2.45) is 0 Å². The molecule has 0 unspecified atom stereocenters. The Hall–Kier alpha value is -0.500. The summed E-state index contributed by atoms with van der Waals surface area (Å²) in [5.74, 6) is 0. The zero-order chi connectivity index (χ0) is 11.1. The summed E-state index contributed by atoms with van der Waals surface area (Å²) in [6.07, 6.45) is 6.58. The van der Waals surface area contributed by atoms with E-state index in [1.54, 1.807) is 6.07 Å². The van der Waals surface area contributed by atoms with Gasteiger partial charge in [0, 0.05) is 10.0 Å². The topological polar surface area (TPSA) is 19.9 Å². The van der Waals surface area contributed by atoms with Crippen LogP contribution in [-0.4, -0.2) is 6.61 Å². The van der Waals surface area contributed by atoms with Crippen molar-refractivity contribution < 1.29 is 5.11 Å². The number of unbranched alkanes of at least 4 members (excludes halogenated alkanes) is 2. The standard InChI is InChI=1S/C12H13Cl2O/c13-11-7-6-10(12(14)9-11)5-3-1-2-4-8-15/h3,5-7,9H,1-2,4,8H2. The Labute approximate surface area is 100 Å². The fourth-order valence-electron chi connectivity index (χ4n) is 1.21. The number of hydrogen-bond acceptors (Lipinski definition) is 0. The zero-order valence-electron chi connectivity index (χ0n) is 8.38. The quantitative estimate of drug-likeness (QED) is 0.674. The van der Waals surface area contributed by atoms with E-state index in [0.29, 0.717) is 10.0 Å². The van der Waals surface area contributed by atoms with E-state index < -0.39 is 0 Å². The Bertz CT molecular complexity index is 334. The van der Waals surface area contributed by atoms with Crippen molar-refractivity contribution in [3.63, 3.8) is 0 Å². The molecule has 0 bridgehead atoms. The summed E-state index contributed by atoms with van der Waals surface area (Å²) in [5, 5.41) is 11.5. The molecule has 0 aromatic heterocycles. The number of benzene rings is 1. The average molecular weight is 244 g/mol. The van der Waals surface area contributed by atoms with Crippen molar-refractivity contribution in [3.8, 4) is 0 Å². The lowest BCUT2D eigenvalue weighted by atomic mass is 10.1. The monoisotopic (exact) mass is 243 g/mol. The van der Waals surface area contributed by atoms with E-state index in [9.17, 15) is 5.11 Å². The van der Waals surface area contributed by atoms with Gasteiger partial charge in [0.2, 0.25) is 0 Å². The minimum absolute atomic E-state index is 0.00947. The molecule has 3 heteroatoms. The number of allylic oxidation sites excluding steroid dienone is 1. The van der Waals surface area contributed by atoms with Crippen LogP contribution < -0.4 is 0 Å². The normalized spacial score (nSPS) is 11.1. The smallest absolute Gasteiger partial charge is 0.0822 e. The Morgan fingerprint density at radius 2 is 2.00 bits per heavy atom. The number of rotatable bonds is 5. The Morgan fingerprint density at radius 3 is 2.67 bits per heavy atom. The first-order chi connectivity index (χ1) is 7.24. The van der Waals surface area contributed by atoms with Gasteiger partial charge in [-0.15, -0.1) is 0 Å². The third kappa shape index (κ3) is 4.70. The van der Waals surface area contributed by atoms with Gasteiger partial charge < -0.3 is 0 Å². The fourth-order valence-corrected chi connectivity index (χ4v) is 1.68. The molecule has 1 radical (unpaired) electrons. The van der Waals surface area contributed by atoms with Crippen molar-refractivity contribution in [3.05, 3.63) is 39.9 Å². The van der Waals surface area contributed by atoms with Gasteiger partial charge in [-0.25, -0.2) is 5.11 Å². The van der Waals surface area contributed by atoms with E-state index in [0.717, 1.165) is 24.8 Å². The van der Waals surface area contributed by atoms with Crippen molar-refractivity contribution in [1.82, 2.24) is 0 Å². The summed E-state index contributed by atoms with van der Waals surface area (Å²) in [7, 11) is 0. The van der Waals surface area contributed by atoms with Gasteiger partial charge in [0.15, 0.2) is 0 Å². The third-order valence-electron chi connectivity index (χ3n) is 2.03. The molecular weight excluding hydrogens is 231 g/mol. The van der Waals surface area contributed by atoms with Gasteiger partial charge in [0.1, 0.15) is 0 Å². The summed E-state index contributed by atoms with van der Waals surface area (Å²) in [4.78, 5) is 0. The second-order valence-corrected chi connectivity index (χ2v) is 4.11. The molecule has 0 saturated heterocycles. The summed E-state index contributed by atoms with van der Waals surface area (Å²) in [5.41, 5.74) is 0.961. The maximum Gasteiger partial charge on any atom is 0.0822 e. The second kappa shape index (κ2) is 6.89. The first kappa shape index (κ1) is 12.6. The minimum Gasteiger partial charge on any atom is -0.237 e. The van der Waals surface area contributed by atoms with Crippen LogP contribution in [0.5, 0.6) is 0 Å². The van der Waals surface area contributed by atoms with Gasteiger partial charge in [-0.1, -0.05) is 41.4 Å². The highest BCUT2D eigenvalue weighted by atomic mass is 35.5. The summed E-state index contributed by atoms with van der Waals surface area (Å²) >= 11 is 11.8. The molecule has 0 N–H and O–H groups in total. The molecule has 81 valence electrons. The Kier molecular flexibility index (Phi) is 5.77. The molecule has 1 nitrogen and oxygen atoms in total. The number of halogens is 2. The predicted molar refractivity (Wildman–Crippen MR) is 64.9 cm³/mol. The highest BCUT2D eigenvalue weighted by molar-refractivity contribution is 6.35. The van der Waals surface area contributed by atoms with Gasteiger partial charge in [0.05, 0.1) is 6.61 Å². The van der Waals surface area contributed by atoms with Crippen molar-refractivity contribution in [1.29, 1.82) is 0 Å². The first-order valence-corrected chi connectivity index (χ1v) is 5.69. The van der Waals surface area contributed by atoms with Gasteiger partial charge >= 0.3 is 0 Å². The fraction of sp³-hybridized carbons (Fsp3) is 0.333. The van der Waals surface area contributed by atoms with Gasteiger partial charge in [0.25, 0.3) is 0 Å². The molecule has 0 atom stereocenters. The van der Waals surface area contributed by atoms with E-state index in [1.165, 1.54) is 0 Å². The molecule has 0 aliphatic rings. The molecule has 0 amide bonds. The van der Waals surface area contributed by atoms with Gasteiger partial charge in [-0.05, 0) is 37.0 Å². The molecular formula is C12H13Cl2O. The zero-order valence-corrected chi connectivity index (χ0v) is 9.89. The molecule has 0 heterocycles. The molecule has 1 rings (SSSR count). The van der Waals surface area contributed by atoms with Crippen LogP contribution in [0.25, 0.3) is 6.08 Å². The average Bonchev–Trinajstić information content (AvgIpc) is 2.20. The van der Waals surface area contributed by atoms with Crippen molar-refractivity contribution in [2.75, 3.05) is 6.61 Å². The highest BCUT2D eigenvalue weighted by Crippen LogP contribution is 2.22. The maximum absolute atomic E-state index is 10.2. The van der Waals surface area contributed by atoms with Crippen LogP contribution in [0.3, 0.4) is 0 Å². The third-order valence-corrected chi connectivity index (χ3v) is 2.59. The van der Waals surface area contributed by atoms with Crippen LogP contribution >= 0.6 is 23.2 Å². The lowest BCUT2D eigenvalue weighted by Crippen LogP contribution is -1.79. The lowest BCUT2D eigenvalue weighted by Gasteiger charge is -1.98. The number of hydrogen-bond donors (Lipinski definition) is 0. The lowest BCUT2D eigenvalue weighted by molar-refractivity contribution is 0.187. The SMILES string of the molecule is [O]CCCCC=Cc1ccc(Cl)cc1Cl. The first-order valence-electron chi connectivity index (χ1n) is 4.93. The molecule has 15 heavy (non-hydrogen) atoms. The molecule has 0 spiro atoms.